The molecule has 2 aromatic carbocycles. The fraction of sp³-hybridized carbons (Fsp3) is 0.0556. The van der Waals surface area contributed by atoms with Gasteiger partial charge in [-0.25, -0.2) is 4.98 Å². The van der Waals surface area contributed by atoms with Crippen LogP contribution in [0.4, 0.5) is 5.82 Å². The second-order valence-corrected chi connectivity index (χ2v) is 5.22. The van der Waals surface area contributed by atoms with Crippen LogP contribution in [0.5, 0.6) is 17.2 Å². The molecule has 0 aliphatic carbocycles. The van der Waals surface area contributed by atoms with Gasteiger partial charge in [-0.3, -0.25) is 14.5 Å². The second-order valence-electron chi connectivity index (χ2n) is 5.22. The largest absolute Gasteiger partial charge is 0.504 e. The number of carboxylic acids is 1. The average Bonchev–Trinajstić information content (AvgIpc) is 2.61. The molecule has 1 heterocycles. The van der Waals surface area contributed by atoms with E-state index in [4.69, 9.17) is 9.84 Å². The van der Waals surface area contributed by atoms with Crippen LogP contribution in [0.1, 0.15) is 0 Å². The zero-order valence-corrected chi connectivity index (χ0v) is 13.0. The van der Waals surface area contributed by atoms with Gasteiger partial charge in [-0.05, 0) is 30.3 Å². The lowest BCUT2D eigenvalue weighted by atomic mass is 10.1. The van der Waals surface area contributed by atoms with Crippen molar-refractivity contribution >= 4 is 29.0 Å². The number of carbonyl (C=O) groups excluding carboxylic acids is 1. The summed E-state index contributed by atoms with van der Waals surface area (Å²) in [6.45, 7) is -0.592. The van der Waals surface area contributed by atoms with Gasteiger partial charge in [-0.2, -0.15) is 0 Å². The molecule has 0 bridgehead atoms. The third-order valence-corrected chi connectivity index (χ3v) is 3.50. The van der Waals surface area contributed by atoms with Crippen LogP contribution in [0.2, 0.25) is 0 Å². The molecule has 7 heteroatoms. The lowest BCUT2D eigenvalue weighted by Crippen LogP contribution is -2.28. The number of rotatable bonds is 6. The van der Waals surface area contributed by atoms with Crippen LogP contribution in [0.25, 0.3) is 10.8 Å². The Bertz CT molecular complexity index is 927. The fourth-order valence-corrected chi connectivity index (χ4v) is 2.38. The minimum atomic E-state index is -1.21. The molecule has 25 heavy (non-hydrogen) atoms. The summed E-state index contributed by atoms with van der Waals surface area (Å²) in [5.74, 6) is -0.353. The molecule has 3 aromatic rings. The van der Waals surface area contributed by atoms with Crippen molar-refractivity contribution in [3.63, 3.8) is 0 Å². The monoisotopic (exact) mass is 338 g/mol. The first-order chi connectivity index (χ1) is 12.1. The Labute approximate surface area is 142 Å². The average molecular weight is 338 g/mol. The molecule has 0 aliphatic heterocycles. The predicted octanol–water partition coefficient (Wildman–Crippen LogP) is 2.78. The lowest BCUT2D eigenvalue weighted by molar-refractivity contribution is -0.136. The number of anilines is 1. The molecule has 0 radical (unpaired) electrons. The van der Waals surface area contributed by atoms with Gasteiger partial charge in [0.25, 0.3) is 0 Å². The molecule has 3 rings (SSSR count). The zero-order valence-electron chi connectivity index (χ0n) is 13.0. The quantitative estimate of drug-likeness (QED) is 0.670. The number of aromatic nitrogens is 1. The van der Waals surface area contributed by atoms with Crippen molar-refractivity contribution in [2.75, 3.05) is 11.4 Å². The van der Waals surface area contributed by atoms with Crippen LogP contribution in [0.15, 0.2) is 54.7 Å². The summed E-state index contributed by atoms with van der Waals surface area (Å²) >= 11 is 0. The van der Waals surface area contributed by atoms with Crippen LogP contribution in [-0.2, 0) is 9.59 Å². The maximum atomic E-state index is 11.1. The van der Waals surface area contributed by atoms with Gasteiger partial charge >= 0.3 is 5.97 Å². The first kappa shape index (κ1) is 16.3. The molecular weight excluding hydrogens is 324 g/mol. The van der Waals surface area contributed by atoms with E-state index in [9.17, 15) is 14.7 Å². The molecule has 2 N–H and O–H groups in total. The maximum absolute atomic E-state index is 11.1. The van der Waals surface area contributed by atoms with Crippen molar-refractivity contribution in [3.05, 3.63) is 54.7 Å². The molecule has 0 unspecified atom stereocenters. The van der Waals surface area contributed by atoms with Crippen molar-refractivity contribution < 1.29 is 24.5 Å². The number of benzene rings is 2. The minimum absolute atomic E-state index is 0.110. The van der Waals surface area contributed by atoms with Crippen LogP contribution in [0.3, 0.4) is 0 Å². The molecule has 0 saturated carbocycles. The standard InChI is InChI=1S/C18H14N2O5/c21-11-20(10-16(22)23)18-17(24)15-7-6-14(8-12(15)9-19-18)25-13-4-2-1-3-5-13/h1-9,11,24H,10H2,(H,22,23). The summed E-state index contributed by atoms with van der Waals surface area (Å²) in [7, 11) is 0. The number of para-hydroxylation sites is 1. The van der Waals surface area contributed by atoms with Crippen molar-refractivity contribution in [2.24, 2.45) is 0 Å². The number of carbonyl (C=O) groups is 2. The summed E-state index contributed by atoms with van der Waals surface area (Å²) in [6.07, 6.45) is 1.76. The summed E-state index contributed by atoms with van der Waals surface area (Å²) in [5.41, 5.74) is 0. The topological polar surface area (TPSA) is 100.0 Å². The molecular formula is C18H14N2O5. The Kier molecular flexibility index (Phi) is 4.47. The van der Waals surface area contributed by atoms with Crippen molar-refractivity contribution in [3.8, 4) is 17.2 Å². The van der Waals surface area contributed by atoms with Crippen molar-refractivity contribution in [1.29, 1.82) is 0 Å². The van der Waals surface area contributed by atoms with E-state index in [0.717, 1.165) is 4.90 Å². The number of nitrogens with zero attached hydrogens (tertiary/aromatic N) is 2. The highest BCUT2D eigenvalue weighted by Gasteiger charge is 2.17. The summed E-state index contributed by atoms with van der Waals surface area (Å²) in [5, 5.41) is 20.2. The first-order valence-corrected chi connectivity index (χ1v) is 7.37. The van der Waals surface area contributed by atoms with E-state index in [1.807, 2.05) is 30.3 Å². The normalized spacial score (nSPS) is 10.4. The van der Waals surface area contributed by atoms with Gasteiger partial charge in [0.1, 0.15) is 18.0 Å². The molecule has 0 atom stereocenters. The number of hydrogen-bond acceptors (Lipinski definition) is 5. The number of ether oxygens (including phenoxy) is 1. The van der Waals surface area contributed by atoms with Crippen molar-refractivity contribution in [1.82, 2.24) is 4.98 Å². The predicted molar refractivity (Wildman–Crippen MR) is 91.0 cm³/mol. The lowest BCUT2D eigenvalue weighted by Gasteiger charge is -2.16. The smallest absolute Gasteiger partial charge is 0.323 e. The molecule has 7 nitrogen and oxygen atoms in total. The van der Waals surface area contributed by atoms with Gasteiger partial charge in [-0.15, -0.1) is 0 Å². The minimum Gasteiger partial charge on any atom is -0.504 e. The van der Waals surface area contributed by atoms with E-state index >= 15 is 0 Å². The van der Waals surface area contributed by atoms with Gasteiger partial charge < -0.3 is 14.9 Å². The number of hydrogen-bond donors (Lipinski definition) is 2. The third-order valence-electron chi connectivity index (χ3n) is 3.50. The molecule has 0 fully saturated rings. The second kappa shape index (κ2) is 6.88. The van der Waals surface area contributed by atoms with Crippen LogP contribution >= 0.6 is 0 Å². The number of pyridine rings is 1. The van der Waals surface area contributed by atoms with E-state index in [-0.39, 0.29) is 11.6 Å². The molecule has 126 valence electrons. The molecule has 0 spiro atoms. The molecule has 1 amide bonds. The summed E-state index contributed by atoms with van der Waals surface area (Å²) < 4.78 is 5.72. The van der Waals surface area contributed by atoms with E-state index in [1.54, 1.807) is 18.2 Å². The van der Waals surface area contributed by atoms with E-state index < -0.39 is 12.5 Å². The highest BCUT2D eigenvalue weighted by Crippen LogP contribution is 2.35. The Balaban J connectivity index is 1.96. The summed E-state index contributed by atoms with van der Waals surface area (Å²) in [4.78, 5) is 26.7. The molecule has 0 aliphatic rings. The molecule has 0 saturated heterocycles. The highest BCUT2D eigenvalue weighted by molar-refractivity contribution is 5.95. The Hall–Kier alpha value is -3.61. The third kappa shape index (κ3) is 3.50. The number of aromatic hydroxyl groups is 1. The van der Waals surface area contributed by atoms with E-state index in [0.29, 0.717) is 28.7 Å². The van der Waals surface area contributed by atoms with Crippen LogP contribution < -0.4 is 9.64 Å². The van der Waals surface area contributed by atoms with Gasteiger partial charge in [0.05, 0.1) is 0 Å². The zero-order chi connectivity index (χ0) is 17.8. The van der Waals surface area contributed by atoms with Gasteiger partial charge in [-0.1, -0.05) is 18.2 Å². The number of aliphatic carboxylic acids is 1. The SMILES string of the molecule is O=CN(CC(=O)O)c1ncc2cc(Oc3ccccc3)ccc2c1O. The van der Waals surface area contributed by atoms with Crippen LogP contribution in [-0.4, -0.2) is 34.1 Å². The van der Waals surface area contributed by atoms with Gasteiger partial charge in [0.15, 0.2) is 11.6 Å². The van der Waals surface area contributed by atoms with Gasteiger partial charge in [0.2, 0.25) is 6.41 Å². The Morgan fingerprint density at radius 3 is 2.60 bits per heavy atom. The van der Waals surface area contributed by atoms with Crippen molar-refractivity contribution in [2.45, 2.75) is 0 Å². The Morgan fingerprint density at radius 1 is 1.16 bits per heavy atom. The number of fused-ring (bicyclic) bond motifs is 1. The summed E-state index contributed by atoms with van der Waals surface area (Å²) in [6, 6.07) is 14.2. The fourth-order valence-electron chi connectivity index (χ4n) is 2.38. The van der Waals surface area contributed by atoms with Crippen LogP contribution in [0, 0.1) is 0 Å². The number of carboxylic acid groups (broad SMARTS) is 1. The van der Waals surface area contributed by atoms with E-state index in [2.05, 4.69) is 4.98 Å². The maximum Gasteiger partial charge on any atom is 0.323 e. The van der Waals surface area contributed by atoms with E-state index in [1.165, 1.54) is 6.20 Å². The number of amides is 1. The van der Waals surface area contributed by atoms with Gasteiger partial charge in [0, 0.05) is 17.0 Å². The first-order valence-electron chi connectivity index (χ1n) is 7.37. The Morgan fingerprint density at radius 2 is 1.92 bits per heavy atom. The highest BCUT2D eigenvalue weighted by atomic mass is 16.5. The molecule has 1 aromatic heterocycles.